The topological polar surface area (TPSA) is 84.0 Å². The van der Waals surface area contributed by atoms with Crippen molar-refractivity contribution in [3.63, 3.8) is 0 Å². The number of halogens is 1. The number of benzene rings is 2. The summed E-state index contributed by atoms with van der Waals surface area (Å²) in [6, 6.07) is 12.2. The maximum absolute atomic E-state index is 12.5. The monoisotopic (exact) mass is 380 g/mol. The Morgan fingerprint density at radius 2 is 1.50 bits per heavy atom. The molecule has 2 aromatic rings. The first-order valence-electron chi connectivity index (χ1n) is 6.36. The molecule has 0 amide bonds. The predicted molar refractivity (Wildman–Crippen MR) is 88.4 cm³/mol. The van der Waals surface area contributed by atoms with E-state index in [4.69, 9.17) is 11.1 Å². The molecule has 0 spiro atoms. The van der Waals surface area contributed by atoms with Crippen molar-refractivity contribution >= 4 is 43.7 Å². The van der Waals surface area contributed by atoms with Gasteiger partial charge >= 0.3 is 128 Å². The van der Waals surface area contributed by atoms with Crippen LogP contribution in [0.1, 0.15) is 37.4 Å². The number of fused-ring (bicyclic) bond motifs is 2. The molecule has 0 aromatic heterocycles. The number of ketones is 2. The molecule has 1 aliphatic carbocycles. The van der Waals surface area contributed by atoms with Gasteiger partial charge in [-0.25, -0.2) is 0 Å². The summed E-state index contributed by atoms with van der Waals surface area (Å²) < 4.78 is 0.174. The van der Waals surface area contributed by atoms with Gasteiger partial charge in [0.1, 0.15) is 0 Å². The molecule has 0 saturated carbocycles. The fourth-order valence-corrected chi connectivity index (χ4v) is 3.45. The van der Waals surface area contributed by atoms with Crippen molar-refractivity contribution in [3.05, 3.63) is 70.3 Å². The molecule has 0 fully saturated rings. The summed E-state index contributed by atoms with van der Waals surface area (Å²) in [5, 5.41) is 7.94. The van der Waals surface area contributed by atoms with Crippen LogP contribution in [0.3, 0.4) is 0 Å². The average Bonchev–Trinajstić information content (AvgIpc) is 2.50. The van der Waals surface area contributed by atoms with Gasteiger partial charge in [-0.1, -0.05) is 0 Å². The fourth-order valence-electron chi connectivity index (χ4n) is 2.40. The van der Waals surface area contributed by atoms with Gasteiger partial charge in [-0.15, -0.1) is 12.4 Å². The van der Waals surface area contributed by atoms with Crippen molar-refractivity contribution in [2.45, 2.75) is 5.32 Å². The fraction of sp³-hybridized carbons (Fsp3) is 0.0625. The minimum atomic E-state index is -0.117. The molecular weight excluding hydrogens is 367 g/mol. The van der Waals surface area contributed by atoms with E-state index in [1.165, 1.54) is 0 Å². The molecule has 3 N–H and O–H groups in total. The Morgan fingerprint density at radius 1 is 0.955 bits per heavy atom. The SMILES string of the molecule is Cl.N=C(N)[Se]Cc1ccc2c(c1)C(=O)c1ccccc1C2=O. The summed E-state index contributed by atoms with van der Waals surface area (Å²) in [5.41, 5.74) is 8.16. The summed E-state index contributed by atoms with van der Waals surface area (Å²) in [5.74, 6) is -0.221. The number of nitrogens with two attached hydrogens (primary N) is 1. The van der Waals surface area contributed by atoms with Gasteiger partial charge in [-0.2, -0.15) is 0 Å². The first-order valence-corrected chi connectivity index (χ1v) is 8.43. The third kappa shape index (κ3) is 2.83. The van der Waals surface area contributed by atoms with Crippen LogP contribution in [-0.2, 0) is 5.32 Å². The van der Waals surface area contributed by atoms with Crippen LogP contribution in [-0.4, -0.2) is 31.3 Å². The molecule has 0 saturated heterocycles. The molecule has 0 aliphatic heterocycles. The number of hydrogen-bond acceptors (Lipinski definition) is 3. The van der Waals surface area contributed by atoms with Crippen LogP contribution >= 0.6 is 12.4 Å². The molecule has 3 rings (SSSR count). The first-order chi connectivity index (χ1) is 10.1. The normalized spacial score (nSPS) is 12.2. The average molecular weight is 380 g/mol. The number of carbonyl (C=O) groups is 2. The Balaban J connectivity index is 0.00000176. The first kappa shape index (κ1) is 16.4. The van der Waals surface area contributed by atoms with Gasteiger partial charge in [0, 0.05) is 0 Å². The summed E-state index contributed by atoms with van der Waals surface area (Å²) >= 11 is -0.117. The van der Waals surface area contributed by atoms with E-state index in [1.54, 1.807) is 36.4 Å². The predicted octanol–water partition coefficient (Wildman–Crippen LogP) is 1.98. The van der Waals surface area contributed by atoms with Crippen LogP contribution in [0, 0.1) is 5.41 Å². The van der Waals surface area contributed by atoms with Crippen molar-refractivity contribution in [1.29, 1.82) is 5.41 Å². The van der Waals surface area contributed by atoms with Crippen LogP contribution in [0.25, 0.3) is 0 Å². The Kier molecular flexibility index (Phi) is 4.81. The molecule has 22 heavy (non-hydrogen) atoms. The van der Waals surface area contributed by atoms with E-state index in [2.05, 4.69) is 0 Å². The summed E-state index contributed by atoms with van der Waals surface area (Å²) in [6.45, 7) is 0. The zero-order valence-electron chi connectivity index (χ0n) is 11.5. The Bertz CT molecular complexity index is 789. The summed E-state index contributed by atoms with van der Waals surface area (Å²) in [6.07, 6.45) is 0. The molecule has 0 bridgehead atoms. The zero-order chi connectivity index (χ0) is 15.0. The Morgan fingerprint density at radius 3 is 2.09 bits per heavy atom. The van der Waals surface area contributed by atoms with Crippen LogP contribution in [0.15, 0.2) is 42.5 Å². The number of amidine groups is 1. The summed E-state index contributed by atoms with van der Waals surface area (Å²) in [7, 11) is 0. The molecule has 1 aliphatic rings. The quantitative estimate of drug-likeness (QED) is 0.414. The molecule has 0 unspecified atom stereocenters. The van der Waals surface area contributed by atoms with E-state index in [9.17, 15) is 9.59 Å². The molecule has 4 nitrogen and oxygen atoms in total. The number of hydrogen-bond donors (Lipinski definition) is 2. The molecule has 112 valence electrons. The van der Waals surface area contributed by atoms with Gasteiger partial charge < -0.3 is 0 Å². The van der Waals surface area contributed by atoms with Crippen LogP contribution in [0.2, 0.25) is 0 Å². The van der Waals surface area contributed by atoms with Gasteiger partial charge in [0.15, 0.2) is 0 Å². The standard InChI is InChI=1S/C16H12N2O2Se.ClH/c17-16(18)21-8-9-5-6-12-13(7-9)15(20)11-4-2-1-3-10(11)14(12)19;/h1-7H,8H2,(H3,17,18);1H. The second-order valence-corrected chi connectivity index (χ2v) is 6.87. The second kappa shape index (κ2) is 6.44. The van der Waals surface area contributed by atoms with E-state index in [1.807, 2.05) is 6.07 Å². The van der Waals surface area contributed by atoms with Gasteiger partial charge in [0.25, 0.3) is 0 Å². The van der Waals surface area contributed by atoms with Crippen molar-refractivity contribution < 1.29 is 9.59 Å². The van der Waals surface area contributed by atoms with E-state index in [0.29, 0.717) is 27.6 Å². The molecule has 2 aromatic carbocycles. The second-order valence-electron chi connectivity index (χ2n) is 4.74. The van der Waals surface area contributed by atoms with Crippen LogP contribution in [0.5, 0.6) is 0 Å². The minimum absolute atomic E-state index is 0. The van der Waals surface area contributed by atoms with E-state index < -0.39 is 0 Å². The third-order valence-electron chi connectivity index (χ3n) is 3.38. The van der Waals surface area contributed by atoms with Gasteiger partial charge in [0.2, 0.25) is 0 Å². The van der Waals surface area contributed by atoms with Crippen molar-refractivity contribution in [1.82, 2.24) is 0 Å². The molecular formula is C16H13ClN2O2Se. The van der Waals surface area contributed by atoms with E-state index >= 15 is 0 Å². The summed E-state index contributed by atoms with van der Waals surface area (Å²) in [4.78, 5) is 25.0. The van der Waals surface area contributed by atoms with Crippen LogP contribution in [0.4, 0.5) is 0 Å². The number of rotatable bonds is 3. The molecule has 6 heteroatoms. The molecule has 0 atom stereocenters. The number of nitrogens with one attached hydrogen (secondary N) is 1. The van der Waals surface area contributed by atoms with Crippen molar-refractivity contribution in [3.8, 4) is 0 Å². The van der Waals surface area contributed by atoms with Crippen molar-refractivity contribution in [2.24, 2.45) is 5.73 Å². The van der Waals surface area contributed by atoms with Gasteiger partial charge in [-0.3, -0.25) is 0 Å². The third-order valence-corrected chi connectivity index (χ3v) is 5.04. The zero-order valence-corrected chi connectivity index (χ0v) is 14.0. The van der Waals surface area contributed by atoms with Gasteiger partial charge in [-0.05, 0) is 0 Å². The maximum atomic E-state index is 12.5. The van der Waals surface area contributed by atoms with Gasteiger partial charge in [0.05, 0.1) is 0 Å². The van der Waals surface area contributed by atoms with Crippen LogP contribution < -0.4 is 5.73 Å². The Labute approximate surface area is 140 Å². The van der Waals surface area contributed by atoms with Crippen molar-refractivity contribution in [2.75, 3.05) is 0 Å². The Hall–Kier alpha value is -1.94. The molecule has 0 heterocycles. The van der Waals surface area contributed by atoms with E-state index in [-0.39, 0.29) is 43.7 Å². The molecule has 0 radical (unpaired) electrons. The number of carbonyl (C=O) groups excluding carboxylic acids is 2. The van der Waals surface area contributed by atoms with E-state index in [0.717, 1.165) is 5.56 Å².